The monoisotopic (exact) mass is 343 g/mol. The van der Waals surface area contributed by atoms with Gasteiger partial charge in [-0.05, 0) is 50.7 Å². The fourth-order valence-electron chi connectivity index (χ4n) is 3.95. The van der Waals surface area contributed by atoms with Crippen molar-refractivity contribution in [3.8, 4) is 0 Å². The van der Waals surface area contributed by atoms with Crippen LogP contribution < -0.4 is 0 Å². The summed E-state index contributed by atoms with van der Waals surface area (Å²) in [5, 5.41) is 0. The molecule has 1 heterocycles. The smallest absolute Gasteiger partial charge is 0.308 e. The molecule has 1 aliphatic heterocycles. The topological polar surface area (TPSA) is 65.0 Å². The van der Waals surface area contributed by atoms with E-state index < -0.39 is 5.54 Å². The molecule has 5 nitrogen and oxygen atoms in total. The first-order valence-electron chi connectivity index (χ1n) is 9.12. The molecule has 0 amide bonds. The Hall–Kier alpha value is -2.17. The molecule has 134 valence electrons. The number of benzene rings is 1. The minimum absolute atomic E-state index is 0.167. The molecule has 0 aromatic heterocycles. The van der Waals surface area contributed by atoms with Gasteiger partial charge in [0.2, 0.25) is 0 Å². The fraction of sp³-hybridized carbons (Fsp3) is 0.550. The zero-order valence-electron chi connectivity index (χ0n) is 15.0. The third-order valence-corrected chi connectivity index (χ3v) is 4.94. The van der Waals surface area contributed by atoms with E-state index in [1.165, 1.54) is 11.1 Å². The van der Waals surface area contributed by atoms with E-state index in [0.29, 0.717) is 19.6 Å². The van der Waals surface area contributed by atoms with Gasteiger partial charge < -0.3 is 9.47 Å². The lowest BCUT2D eigenvalue weighted by Crippen LogP contribution is -2.28. The first kappa shape index (κ1) is 17.6. The second-order valence-corrected chi connectivity index (χ2v) is 6.57. The number of rotatable bonds is 7. The molecule has 0 spiro atoms. The van der Waals surface area contributed by atoms with Gasteiger partial charge in [0.15, 0.2) is 0 Å². The Morgan fingerprint density at radius 2 is 1.88 bits per heavy atom. The Balaban J connectivity index is 1.95. The van der Waals surface area contributed by atoms with E-state index in [1.807, 2.05) is 12.1 Å². The predicted molar refractivity (Wildman–Crippen MR) is 94.7 cm³/mol. The van der Waals surface area contributed by atoms with E-state index in [4.69, 9.17) is 14.5 Å². The van der Waals surface area contributed by atoms with Crippen LogP contribution in [-0.2, 0) is 31.0 Å². The molecule has 0 saturated heterocycles. The predicted octanol–water partition coefficient (Wildman–Crippen LogP) is 3.32. The van der Waals surface area contributed by atoms with Crippen molar-refractivity contribution in [1.82, 2.24) is 0 Å². The summed E-state index contributed by atoms with van der Waals surface area (Å²) in [5.74, 6) is -0.520. The standard InChI is InChI=1S/C20H25NO4/c1-3-24-17(22)11-12-20(13-18(23)25-4-2)15-9-5-7-14-8-6-10-16(21-20)19(14)15/h5,7,9H,3-4,6,8,10-13H2,1-2H3. The van der Waals surface area contributed by atoms with E-state index in [1.54, 1.807) is 13.8 Å². The quantitative estimate of drug-likeness (QED) is 0.713. The summed E-state index contributed by atoms with van der Waals surface area (Å²) in [6.45, 7) is 4.30. The number of hydrogen-bond donors (Lipinski definition) is 0. The minimum atomic E-state index is -0.704. The van der Waals surface area contributed by atoms with Crippen LogP contribution in [0.25, 0.3) is 0 Å². The number of esters is 2. The number of aryl methyl sites for hydroxylation is 1. The number of aliphatic imine (C=N–C) groups is 1. The highest BCUT2D eigenvalue weighted by molar-refractivity contribution is 6.07. The van der Waals surface area contributed by atoms with Crippen molar-refractivity contribution < 1.29 is 19.1 Å². The van der Waals surface area contributed by atoms with Crippen molar-refractivity contribution in [2.24, 2.45) is 4.99 Å². The summed E-state index contributed by atoms with van der Waals surface area (Å²) in [6.07, 6.45) is 3.91. The van der Waals surface area contributed by atoms with Crippen LogP contribution in [0.3, 0.4) is 0 Å². The Bertz CT molecular complexity index is 710. The molecule has 0 radical (unpaired) electrons. The van der Waals surface area contributed by atoms with Crippen molar-refractivity contribution in [2.75, 3.05) is 13.2 Å². The van der Waals surface area contributed by atoms with Crippen molar-refractivity contribution in [3.05, 3.63) is 34.9 Å². The van der Waals surface area contributed by atoms with Crippen LogP contribution in [0.2, 0.25) is 0 Å². The summed E-state index contributed by atoms with van der Waals surface area (Å²) >= 11 is 0. The normalized spacial score (nSPS) is 20.6. The van der Waals surface area contributed by atoms with E-state index in [0.717, 1.165) is 30.5 Å². The van der Waals surface area contributed by atoms with Gasteiger partial charge in [-0.2, -0.15) is 0 Å². The van der Waals surface area contributed by atoms with Crippen LogP contribution >= 0.6 is 0 Å². The summed E-state index contributed by atoms with van der Waals surface area (Å²) < 4.78 is 10.3. The van der Waals surface area contributed by atoms with Crippen LogP contribution in [0.15, 0.2) is 23.2 Å². The van der Waals surface area contributed by atoms with Crippen molar-refractivity contribution in [3.63, 3.8) is 0 Å². The Morgan fingerprint density at radius 3 is 2.64 bits per heavy atom. The van der Waals surface area contributed by atoms with E-state index in [9.17, 15) is 9.59 Å². The first-order chi connectivity index (χ1) is 12.1. The molecule has 25 heavy (non-hydrogen) atoms. The second-order valence-electron chi connectivity index (χ2n) is 6.57. The van der Waals surface area contributed by atoms with Gasteiger partial charge in [-0.25, -0.2) is 0 Å². The first-order valence-corrected chi connectivity index (χ1v) is 9.12. The van der Waals surface area contributed by atoms with Crippen molar-refractivity contribution >= 4 is 17.7 Å². The molecule has 0 bridgehead atoms. The van der Waals surface area contributed by atoms with Gasteiger partial charge >= 0.3 is 11.9 Å². The molecule has 1 aliphatic carbocycles. The van der Waals surface area contributed by atoms with Crippen molar-refractivity contribution in [2.45, 2.75) is 57.9 Å². The molecule has 1 atom stereocenters. The largest absolute Gasteiger partial charge is 0.466 e. The lowest BCUT2D eigenvalue weighted by atomic mass is 9.79. The molecular weight excluding hydrogens is 318 g/mol. The Morgan fingerprint density at radius 1 is 1.12 bits per heavy atom. The van der Waals surface area contributed by atoms with E-state index in [-0.39, 0.29) is 24.8 Å². The summed E-state index contributed by atoms with van der Waals surface area (Å²) in [7, 11) is 0. The van der Waals surface area contributed by atoms with Gasteiger partial charge in [0.25, 0.3) is 0 Å². The van der Waals surface area contributed by atoms with Gasteiger partial charge in [-0.3, -0.25) is 14.6 Å². The lowest BCUT2D eigenvalue weighted by molar-refractivity contribution is -0.147. The molecule has 2 aliphatic rings. The number of hydrogen-bond acceptors (Lipinski definition) is 5. The molecule has 0 saturated carbocycles. The van der Waals surface area contributed by atoms with E-state index >= 15 is 0 Å². The summed E-state index contributed by atoms with van der Waals surface area (Å²) in [4.78, 5) is 29.2. The maximum absolute atomic E-state index is 12.3. The molecule has 1 unspecified atom stereocenters. The van der Waals surface area contributed by atoms with Gasteiger partial charge in [-0.15, -0.1) is 0 Å². The average Bonchev–Trinajstić information content (AvgIpc) is 2.90. The number of nitrogens with zero attached hydrogens (tertiary/aromatic N) is 1. The zero-order chi connectivity index (χ0) is 17.9. The van der Waals surface area contributed by atoms with E-state index in [2.05, 4.69) is 6.07 Å². The number of carbonyl (C=O) groups is 2. The molecule has 1 aromatic carbocycles. The fourth-order valence-corrected chi connectivity index (χ4v) is 3.95. The SMILES string of the molecule is CCOC(=O)CCC1(CC(=O)OCC)N=C2CCCc3cccc1c32. The number of carbonyl (C=O) groups excluding carboxylic acids is 2. The van der Waals surface area contributed by atoms with Crippen LogP contribution in [-0.4, -0.2) is 30.9 Å². The molecule has 5 heteroatoms. The van der Waals surface area contributed by atoms with Gasteiger partial charge in [0, 0.05) is 17.7 Å². The molecule has 3 rings (SSSR count). The zero-order valence-corrected chi connectivity index (χ0v) is 15.0. The minimum Gasteiger partial charge on any atom is -0.466 e. The van der Waals surface area contributed by atoms with Gasteiger partial charge in [0.1, 0.15) is 0 Å². The Labute approximate surface area is 148 Å². The highest BCUT2D eigenvalue weighted by Crippen LogP contribution is 2.45. The molecule has 1 aromatic rings. The molecule has 0 fully saturated rings. The van der Waals surface area contributed by atoms with Crippen LogP contribution in [0.4, 0.5) is 0 Å². The summed E-state index contributed by atoms with van der Waals surface area (Å²) in [5.41, 5.74) is 3.93. The lowest BCUT2D eigenvalue weighted by Gasteiger charge is -2.27. The maximum Gasteiger partial charge on any atom is 0.308 e. The van der Waals surface area contributed by atoms with Gasteiger partial charge in [-0.1, -0.05) is 18.2 Å². The third kappa shape index (κ3) is 3.46. The van der Waals surface area contributed by atoms with Crippen LogP contribution in [0, 0.1) is 0 Å². The average molecular weight is 343 g/mol. The highest BCUT2D eigenvalue weighted by Gasteiger charge is 2.43. The molecular formula is C20H25NO4. The maximum atomic E-state index is 12.3. The Kier molecular flexibility index (Phi) is 5.21. The van der Waals surface area contributed by atoms with Crippen LogP contribution in [0.5, 0.6) is 0 Å². The second kappa shape index (κ2) is 7.38. The highest BCUT2D eigenvalue weighted by atomic mass is 16.5. The summed E-state index contributed by atoms with van der Waals surface area (Å²) in [6, 6.07) is 6.21. The third-order valence-electron chi connectivity index (χ3n) is 4.94. The van der Waals surface area contributed by atoms with Gasteiger partial charge in [0.05, 0.1) is 25.2 Å². The van der Waals surface area contributed by atoms with Crippen LogP contribution in [0.1, 0.15) is 62.6 Å². The van der Waals surface area contributed by atoms with Crippen molar-refractivity contribution in [1.29, 1.82) is 0 Å². The number of ether oxygens (including phenoxy) is 2. The molecule has 0 N–H and O–H groups in total.